The SMILES string of the molecule is CC(C)N(C(C)C)P(OCCC#N)OC[C@H]1O[C@@H](n2cc(F)c(=O)[nH]c2=O)[C@@H]2OC3(CCCCCCCCCCCC3)O[C@@H]21. The summed E-state index contributed by atoms with van der Waals surface area (Å²) in [6.07, 6.45) is 11.0. The molecule has 248 valence electrons. The summed E-state index contributed by atoms with van der Waals surface area (Å²) in [6.45, 7) is 8.55. The minimum atomic E-state index is -1.55. The van der Waals surface area contributed by atoms with Crippen molar-refractivity contribution in [3.63, 3.8) is 0 Å². The average molecular weight is 641 g/mol. The Hall–Kier alpha value is -1.71. The number of halogens is 1. The lowest BCUT2D eigenvalue weighted by Crippen LogP contribution is -2.39. The van der Waals surface area contributed by atoms with Crippen molar-refractivity contribution in [1.82, 2.24) is 14.2 Å². The van der Waals surface area contributed by atoms with E-state index in [0.29, 0.717) is 12.8 Å². The highest BCUT2D eigenvalue weighted by molar-refractivity contribution is 7.44. The first-order valence-electron chi connectivity index (χ1n) is 16.4. The number of H-pyrrole nitrogens is 1. The van der Waals surface area contributed by atoms with Crippen LogP contribution in [-0.2, 0) is 23.3 Å². The number of fused-ring (bicyclic) bond motifs is 1. The monoisotopic (exact) mass is 640 g/mol. The molecule has 2 saturated heterocycles. The third kappa shape index (κ3) is 8.97. The van der Waals surface area contributed by atoms with E-state index in [0.717, 1.165) is 36.4 Å². The van der Waals surface area contributed by atoms with Gasteiger partial charge in [0.1, 0.15) is 18.3 Å². The number of ether oxygens (including phenoxy) is 3. The molecular weight excluding hydrogens is 590 g/mol. The number of nitrogens with one attached hydrogen (secondary N) is 1. The number of nitriles is 1. The highest BCUT2D eigenvalue weighted by Crippen LogP contribution is 2.50. The van der Waals surface area contributed by atoms with Crippen LogP contribution >= 0.6 is 8.53 Å². The summed E-state index contributed by atoms with van der Waals surface area (Å²) in [4.78, 5) is 26.7. The Balaban J connectivity index is 1.60. The van der Waals surface area contributed by atoms with Gasteiger partial charge >= 0.3 is 5.69 Å². The normalized spacial score (nSPS) is 27.2. The third-order valence-corrected chi connectivity index (χ3v) is 10.6. The lowest BCUT2D eigenvalue weighted by Gasteiger charge is -2.36. The molecule has 44 heavy (non-hydrogen) atoms. The number of hydrogen-bond acceptors (Lipinski definition) is 9. The van der Waals surface area contributed by atoms with E-state index in [1.54, 1.807) is 0 Å². The molecule has 3 fully saturated rings. The van der Waals surface area contributed by atoms with Crippen molar-refractivity contribution >= 4 is 8.53 Å². The fraction of sp³-hybridized carbons (Fsp3) is 0.839. The summed E-state index contributed by atoms with van der Waals surface area (Å²) in [5.74, 6) is -1.93. The van der Waals surface area contributed by atoms with Crippen LogP contribution in [0, 0.1) is 17.1 Å². The zero-order chi connectivity index (χ0) is 31.7. The maximum absolute atomic E-state index is 14.4. The molecule has 1 saturated carbocycles. The van der Waals surface area contributed by atoms with Gasteiger partial charge in [0, 0.05) is 24.9 Å². The summed E-state index contributed by atoms with van der Waals surface area (Å²) < 4.78 is 49.9. The molecule has 1 N–H and O–H groups in total. The van der Waals surface area contributed by atoms with Gasteiger partial charge in [-0.25, -0.2) is 9.46 Å². The van der Waals surface area contributed by atoms with Crippen molar-refractivity contribution in [1.29, 1.82) is 5.26 Å². The highest BCUT2D eigenvalue weighted by atomic mass is 31.2. The minimum Gasteiger partial charge on any atom is -0.346 e. The van der Waals surface area contributed by atoms with E-state index in [1.807, 2.05) is 4.98 Å². The lowest BCUT2D eigenvalue weighted by atomic mass is 10.00. The summed E-state index contributed by atoms with van der Waals surface area (Å²) in [7, 11) is -1.55. The molecule has 1 aromatic heterocycles. The van der Waals surface area contributed by atoms with Gasteiger partial charge in [-0.05, 0) is 40.5 Å². The summed E-state index contributed by atoms with van der Waals surface area (Å²) in [5.41, 5.74) is -1.87. The second kappa shape index (κ2) is 16.7. The zero-order valence-electron chi connectivity index (χ0n) is 26.7. The fourth-order valence-corrected chi connectivity index (χ4v) is 8.14. The molecule has 0 radical (unpaired) electrons. The molecule has 1 aromatic rings. The van der Waals surface area contributed by atoms with Crippen molar-refractivity contribution in [2.45, 2.75) is 154 Å². The number of rotatable bonds is 10. The molecule has 1 aliphatic carbocycles. The molecule has 1 spiro atoms. The van der Waals surface area contributed by atoms with Gasteiger partial charge in [0.05, 0.1) is 31.9 Å². The first kappa shape index (κ1) is 35.1. The van der Waals surface area contributed by atoms with E-state index in [2.05, 4.69) is 38.4 Å². The Morgan fingerprint density at radius 2 is 1.57 bits per heavy atom. The zero-order valence-corrected chi connectivity index (χ0v) is 27.6. The van der Waals surface area contributed by atoms with Gasteiger partial charge in [-0.15, -0.1) is 0 Å². The number of hydrogen-bond donors (Lipinski definition) is 1. The molecule has 11 nitrogen and oxygen atoms in total. The lowest BCUT2D eigenvalue weighted by molar-refractivity contribution is -0.227. The Morgan fingerprint density at radius 1 is 1.00 bits per heavy atom. The van der Waals surface area contributed by atoms with Crippen LogP contribution in [0.1, 0.15) is 117 Å². The van der Waals surface area contributed by atoms with E-state index in [-0.39, 0.29) is 31.7 Å². The van der Waals surface area contributed by atoms with Crippen LogP contribution in [0.4, 0.5) is 4.39 Å². The predicted octanol–water partition coefficient (Wildman–Crippen LogP) is 6.04. The van der Waals surface area contributed by atoms with Crippen molar-refractivity contribution in [3.8, 4) is 6.07 Å². The van der Waals surface area contributed by atoms with Gasteiger partial charge in [0.15, 0.2) is 12.0 Å². The van der Waals surface area contributed by atoms with Crippen molar-refractivity contribution in [2.75, 3.05) is 13.2 Å². The number of aromatic nitrogens is 2. The molecule has 1 unspecified atom stereocenters. The van der Waals surface area contributed by atoms with Gasteiger partial charge in [-0.2, -0.15) is 9.65 Å². The first-order valence-corrected chi connectivity index (χ1v) is 17.5. The molecule has 13 heteroatoms. The summed E-state index contributed by atoms with van der Waals surface area (Å²) >= 11 is 0. The van der Waals surface area contributed by atoms with Crippen LogP contribution in [0.15, 0.2) is 15.8 Å². The van der Waals surface area contributed by atoms with E-state index >= 15 is 0 Å². The Kier molecular flexibility index (Phi) is 13.4. The van der Waals surface area contributed by atoms with Crippen LogP contribution in [0.25, 0.3) is 0 Å². The van der Waals surface area contributed by atoms with Crippen LogP contribution in [0.2, 0.25) is 0 Å². The fourth-order valence-electron chi connectivity index (χ4n) is 6.52. The van der Waals surface area contributed by atoms with Crippen LogP contribution in [0.3, 0.4) is 0 Å². The number of aromatic amines is 1. The Morgan fingerprint density at radius 3 is 2.14 bits per heavy atom. The summed E-state index contributed by atoms with van der Waals surface area (Å²) in [6, 6.07) is 2.34. The minimum absolute atomic E-state index is 0.0753. The van der Waals surface area contributed by atoms with Crippen LogP contribution in [-0.4, -0.2) is 63.6 Å². The van der Waals surface area contributed by atoms with Gasteiger partial charge < -0.3 is 23.3 Å². The largest absolute Gasteiger partial charge is 0.346 e. The van der Waals surface area contributed by atoms with Gasteiger partial charge in [-0.3, -0.25) is 14.3 Å². The van der Waals surface area contributed by atoms with Gasteiger partial charge in [0.25, 0.3) is 14.1 Å². The quantitative estimate of drug-likeness (QED) is 0.240. The van der Waals surface area contributed by atoms with Crippen molar-refractivity contribution in [3.05, 3.63) is 32.9 Å². The van der Waals surface area contributed by atoms with Crippen LogP contribution in [0.5, 0.6) is 0 Å². The average Bonchev–Trinajstić information content (AvgIpc) is 3.50. The number of nitrogens with zero attached hydrogens (tertiary/aromatic N) is 3. The van der Waals surface area contributed by atoms with E-state index in [4.69, 9.17) is 28.5 Å². The first-order chi connectivity index (χ1) is 21.2. The molecule has 3 heterocycles. The molecule has 2 aliphatic heterocycles. The van der Waals surface area contributed by atoms with E-state index < -0.39 is 55.9 Å². The molecule has 0 amide bonds. The summed E-state index contributed by atoms with van der Waals surface area (Å²) in [5, 5.41) is 9.07. The Bertz CT molecular complexity index is 1180. The van der Waals surface area contributed by atoms with Crippen molar-refractivity contribution < 1.29 is 27.6 Å². The van der Waals surface area contributed by atoms with Crippen LogP contribution < -0.4 is 11.2 Å². The maximum atomic E-state index is 14.4. The topological polar surface area (TPSA) is 128 Å². The highest BCUT2D eigenvalue weighted by Gasteiger charge is 2.58. The second-order valence-electron chi connectivity index (χ2n) is 12.7. The Labute approximate surface area is 261 Å². The van der Waals surface area contributed by atoms with Gasteiger partial charge in [-0.1, -0.05) is 51.4 Å². The second-order valence-corrected chi connectivity index (χ2v) is 14.1. The molecule has 0 aromatic carbocycles. The molecule has 5 atom stereocenters. The van der Waals surface area contributed by atoms with E-state index in [9.17, 15) is 14.0 Å². The van der Waals surface area contributed by atoms with E-state index in [1.165, 1.54) is 38.5 Å². The molecule has 3 aliphatic rings. The molecular formula is C31H50FN4O7P. The van der Waals surface area contributed by atoms with Gasteiger partial charge in [0.2, 0.25) is 5.82 Å². The smallest absolute Gasteiger partial charge is 0.330 e. The maximum Gasteiger partial charge on any atom is 0.330 e. The third-order valence-electron chi connectivity index (χ3n) is 8.56. The molecule has 0 bridgehead atoms. The van der Waals surface area contributed by atoms with Crippen molar-refractivity contribution in [2.24, 2.45) is 0 Å². The molecule has 4 rings (SSSR count). The predicted molar refractivity (Wildman–Crippen MR) is 164 cm³/mol. The standard InChI is InChI=1S/C31H50FN4O7P/c1-22(2)36(23(3)4)44(39-19-15-18-33)40-21-25-26-27(29(41-25)35-20-24(32)28(37)34-30(35)38)43-31(42-26)16-13-11-9-7-5-6-8-10-12-14-17-31/h20,22-23,25-27,29H,5-17,19,21H2,1-4H3,(H,34,37,38)/t25-,26-,27-,29-,44?/m1/s1.